The number of para-hydroxylation sites is 1. The van der Waals surface area contributed by atoms with Gasteiger partial charge in [0.05, 0.1) is 5.75 Å². The molecule has 0 N–H and O–H groups in total. The molecule has 3 rings (SSSR count). The van der Waals surface area contributed by atoms with Crippen molar-refractivity contribution in [1.29, 1.82) is 0 Å². The number of likely N-dealkylation sites (tertiary alicyclic amines) is 1. The molecule has 6 heteroatoms. The molecule has 0 aliphatic carbocycles. The van der Waals surface area contributed by atoms with E-state index in [9.17, 15) is 8.42 Å². The topological polar surface area (TPSA) is 51.5 Å². The monoisotopic (exact) mass is 334 g/mol. The smallest absolute Gasteiger partial charge is 0.310 e. The fourth-order valence-electron chi connectivity index (χ4n) is 2.94. The number of benzene rings is 1. The highest BCUT2D eigenvalue weighted by Crippen LogP contribution is 2.22. The van der Waals surface area contributed by atoms with Crippen molar-refractivity contribution in [2.45, 2.75) is 18.9 Å². The molecule has 1 saturated heterocycles. The molecule has 2 heterocycles. The summed E-state index contributed by atoms with van der Waals surface area (Å²) in [6.45, 7) is 2.36. The minimum atomic E-state index is -3.54. The Balaban J connectivity index is 1.46. The van der Waals surface area contributed by atoms with Gasteiger partial charge in [-0.2, -0.15) is 8.42 Å². The van der Waals surface area contributed by atoms with Crippen LogP contribution in [0, 0.1) is 0 Å². The SMILES string of the molecule is O=S(=O)(CCN1CCC(n2cccc2)CC1)Oc1ccccc1. The van der Waals surface area contributed by atoms with Crippen LogP contribution in [0.2, 0.25) is 0 Å². The highest BCUT2D eigenvalue weighted by Gasteiger charge is 2.22. The predicted molar refractivity (Wildman–Crippen MR) is 90.0 cm³/mol. The van der Waals surface area contributed by atoms with E-state index >= 15 is 0 Å². The van der Waals surface area contributed by atoms with Gasteiger partial charge in [-0.3, -0.25) is 0 Å². The summed E-state index contributed by atoms with van der Waals surface area (Å²) in [4.78, 5) is 2.20. The minimum Gasteiger partial charge on any atom is -0.382 e. The molecule has 0 saturated carbocycles. The van der Waals surface area contributed by atoms with Crippen LogP contribution < -0.4 is 4.18 Å². The Kier molecular flexibility index (Phi) is 5.03. The van der Waals surface area contributed by atoms with Crippen LogP contribution in [0.15, 0.2) is 54.9 Å². The van der Waals surface area contributed by atoms with Gasteiger partial charge in [0.15, 0.2) is 0 Å². The van der Waals surface area contributed by atoms with Gasteiger partial charge in [-0.15, -0.1) is 0 Å². The van der Waals surface area contributed by atoms with Crippen LogP contribution in [0.3, 0.4) is 0 Å². The maximum atomic E-state index is 12.0. The molecule has 2 aromatic rings. The molecule has 1 aliphatic rings. The van der Waals surface area contributed by atoms with Crippen LogP contribution in [-0.4, -0.2) is 43.3 Å². The molecular formula is C17H22N2O3S. The molecule has 1 fully saturated rings. The van der Waals surface area contributed by atoms with E-state index in [-0.39, 0.29) is 5.75 Å². The summed E-state index contributed by atoms with van der Waals surface area (Å²) in [5.74, 6) is 0.398. The molecule has 0 unspecified atom stereocenters. The highest BCUT2D eigenvalue weighted by atomic mass is 32.2. The lowest BCUT2D eigenvalue weighted by molar-refractivity contribution is 0.195. The second kappa shape index (κ2) is 7.19. The maximum absolute atomic E-state index is 12.0. The van der Waals surface area contributed by atoms with Crippen molar-refractivity contribution < 1.29 is 12.6 Å². The van der Waals surface area contributed by atoms with Gasteiger partial charge in [0.1, 0.15) is 5.75 Å². The van der Waals surface area contributed by atoms with Crippen LogP contribution in [0.25, 0.3) is 0 Å². The molecule has 5 nitrogen and oxygen atoms in total. The number of hydrogen-bond donors (Lipinski definition) is 0. The zero-order valence-electron chi connectivity index (χ0n) is 13.0. The third-order valence-electron chi connectivity index (χ3n) is 4.23. The van der Waals surface area contributed by atoms with Crippen molar-refractivity contribution in [1.82, 2.24) is 9.47 Å². The first kappa shape index (κ1) is 16.1. The van der Waals surface area contributed by atoms with Gasteiger partial charge in [-0.05, 0) is 37.1 Å². The Hall–Kier alpha value is -1.79. The molecule has 0 amide bonds. The Morgan fingerprint density at radius 1 is 1.00 bits per heavy atom. The van der Waals surface area contributed by atoms with E-state index in [1.54, 1.807) is 24.3 Å². The van der Waals surface area contributed by atoms with E-state index in [1.807, 2.05) is 18.2 Å². The van der Waals surface area contributed by atoms with Gasteiger partial charge in [0.2, 0.25) is 0 Å². The first-order valence-corrected chi connectivity index (χ1v) is 9.52. The van der Waals surface area contributed by atoms with E-state index < -0.39 is 10.1 Å². The molecule has 23 heavy (non-hydrogen) atoms. The van der Waals surface area contributed by atoms with Crippen molar-refractivity contribution >= 4 is 10.1 Å². The molecular weight excluding hydrogens is 312 g/mol. The average Bonchev–Trinajstić information content (AvgIpc) is 3.09. The van der Waals surface area contributed by atoms with Crippen LogP contribution in [0.4, 0.5) is 0 Å². The lowest BCUT2D eigenvalue weighted by atomic mass is 10.1. The Morgan fingerprint density at radius 2 is 1.65 bits per heavy atom. The number of rotatable bonds is 6. The summed E-state index contributed by atoms with van der Waals surface area (Å²) in [5.41, 5.74) is 0. The van der Waals surface area contributed by atoms with Gasteiger partial charge >= 0.3 is 10.1 Å². The third-order valence-corrected chi connectivity index (χ3v) is 5.36. The van der Waals surface area contributed by atoms with Crippen molar-refractivity contribution in [3.05, 3.63) is 54.9 Å². The normalized spacial score (nSPS) is 17.2. The summed E-state index contributed by atoms with van der Waals surface area (Å²) in [6, 6.07) is 13.3. The fraction of sp³-hybridized carbons (Fsp3) is 0.412. The van der Waals surface area contributed by atoms with E-state index in [0.29, 0.717) is 18.3 Å². The summed E-state index contributed by atoms with van der Waals surface area (Å²) in [5, 5.41) is 0. The lowest BCUT2D eigenvalue weighted by Crippen LogP contribution is -2.37. The van der Waals surface area contributed by atoms with Crippen molar-refractivity contribution in [3.8, 4) is 5.75 Å². The largest absolute Gasteiger partial charge is 0.382 e. The van der Waals surface area contributed by atoms with Gasteiger partial charge in [0, 0.05) is 38.1 Å². The van der Waals surface area contributed by atoms with Gasteiger partial charge < -0.3 is 13.7 Å². The van der Waals surface area contributed by atoms with Gasteiger partial charge in [-0.1, -0.05) is 18.2 Å². The second-order valence-corrected chi connectivity index (χ2v) is 7.55. The second-order valence-electron chi connectivity index (χ2n) is 5.86. The first-order chi connectivity index (χ1) is 11.1. The zero-order chi connectivity index (χ0) is 16.1. The van der Waals surface area contributed by atoms with Gasteiger partial charge in [-0.25, -0.2) is 0 Å². The molecule has 1 aromatic heterocycles. The lowest BCUT2D eigenvalue weighted by Gasteiger charge is -2.32. The predicted octanol–water partition coefficient (Wildman–Crippen LogP) is 2.53. The molecule has 1 aliphatic heterocycles. The molecule has 0 spiro atoms. The van der Waals surface area contributed by atoms with Crippen LogP contribution in [0.5, 0.6) is 5.75 Å². The zero-order valence-corrected chi connectivity index (χ0v) is 13.9. The Labute approximate surface area is 137 Å². The molecule has 0 atom stereocenters. The molecule has 0 radical (unpaired) electrons. The van der Waals surface area contributed by atoms with E-state index in [0.717, 1.165) is 25.9 Å². The number of aromatic nitrogens is 1. The maximum Gasteiger partial charge on any atom is 0.310 e. The Bertz CT molecular complexity index is 691. The molecule has 124 valence electrons. The summed E-state index contributed by atoms with van der Waals surface area (Å²) < 4.78 is 31.4. The average molecular weight is 334 g/mol. The first-order valence-electron chi connectivity index (χ1n) is 7.94. The van der Waals surface area contributed by atoms with Crippen LogP contribution in [-0.2, 0) is 10.1 Å². The van der Waals surface area contributed by atoms with E-state index in [1.165, 1.54) is 0 Å². The van der Waals surface area contributed by atoms with Crippen LogP contribution in [0.1, 0.15) is 18.9 Å². The highest BCUT2D eigenvalue weighted by molar-refractivity contribution is 7.87. The summed E-state index contributed by atoms with van der Waals surface area (Å²) in [6.07, 6.45) is 6.29. The van der Waals surface area contributed by atoms with Crippen molar-refractivity contribution in [2.75, 3.05) is 25.4 Å². The summed E-state index contributed by atoms with van der Waals surface area (Å²) in [7, 11) is -3.54. The van der Waals surface area contributed by atoms with Gasteiger partial charge in [0.25, 0.3) is 0 Å². The van der Waals surface area contributed by atoms with Crippen molar-refractivity contribution in [3.63, 3.8) is 0 Å². The number of hydrogen-bond acceptors (Lipinski definition) is 4. The number of nitrogens with zero attached hydrogens (tertiary/aromatic N) is 2. The van der Waals surface area contributed by atoms with Crippen LogP contribution >= 0.6 is 0 Å². The summed E-state index contributed by atoms with van der Waals surface area (Å²) >= 11 is 0. The third kappa shape index (κ3) is 4.59. The Morgan fingerprint density at radius 3 is 2.30 bits per heavy atom. The molecule has 0 bridgehead atoms. The quantitative estimate of drug-likeness (QED) is 0.762. The number of piperidine rings is 1. The van der Waals surface area contributed by atoms with E-state index in [2.05, 4.69) is 21.9 Å². The van der Waals surface area contributed by atoms with Crippen molar-refractivity contribution in [2.24, 2.45) is 0 Å². The standard InChI is InChI=1S/C17H22N2O3S/c20-23(21,22-17-6-2-1-3-7-17)15-14-18-12-8-16(9-13-18)19-10-4-5-11-19/h1-7,10-11,16H,8-9,12-15H2. The van der Waals surface area contributed by atoms with E-state index in [4.69, 9.17) is 4.18 Å². The fourth-order valence-corrected chi connectivity index (χ4v) is 3.91. The molecule has 1 aromatic carbocycles. The minimum absolute atomic E-state index is 0.0239.